The minimum atomic E-state index is -0.583. The molecule has 0 radical (unpaired) electrons. The first kappa shape index (κ1) is 29.2. The minimum Gasteiger partial charge on any atom is -0.496 e. The van der Waals surface area contributed by atoms with Crippen molar-refractivity contribution in [2.75, 3.05) is 44.7 Å². The lowest BCUT2D eigenvalue weighted by molar-refractivity contribution is 0.168. The first-order valence-electron chi connectivity index (χ1n) is 14.0. The van der Waals surface area contributed by atoms with Crippen LogP contribution in [0.4, 0.5) is 16.4 Å². The fraction of sp³-hybridized carbons (Fsp3) is 0.242. The molecule has 2 N–H and O–H groups in total. The highest BCUT2D eigenvalue weighted by atomic mass is 16.5. The van der Waals surface area contributed by atoms with E-state index in [-0.39, 0.29) is 6.61 Å². The van der Waals surface area contributed by atoms with Crippen molar-refractivity contribution < 1.29 is 23.7 Å². The van der Waals surface area contributed by atoms with Crippen LogP contribution in [0.1, 0.15) is 18.1 Å². The highest BCUT2D eigenvalue weighted by Gasteiger charge is 2.22. The van der Waals surface area contributed by atoms with E-state index in [2.05, 4.69) is 39.5 Å². The van der Waals surface area contributed by atoms with Gasteiger partial charge in [0.15, 0.2) is 17.3 Å². The number of hydrogen-bond donors (Lipinski definition) is 2. The van der Waals surface area contributed by atoms with E-state index in [0.717, 1.165) is 12.0 Å². The topological polar surface area (TPSA) is 111 Å². The fourth-order valence-corrected chi connectivity index (χ4v) is 4.87. The quantitative estimate of drug-likeness (QED) is 0.173. The number of benzene rings is 3. The molecule has 2 aromatic heterocycles. The summed E-state index contributed by atoms with van der Waals surface area (Å²) in [5.74, 6) is 3.14. The molecule has 0 unspecified atom stereocenters. The van der Waals surface area contributed by atoms with Gasteiger partial charge < -0.3 is 28.8 Å². The largest absolute Gasteiger partial charge is 0.496 e. The number of amides is 1. The van der Waals surface area contributed by atoms with E-state index < -0.39 is 6.09 Å². The lowest BCUT2D eigenvalue weighted by atomic mass is 10.1. The molecule has 2 heterocycles. The van der Waals surface area contributed by atoms with Gasteiger partial charge in [0, 0.05) is 25.2 Å². The van der Waals surface area contributed by atoms with Gasteiger partial charge in [-0.15, -0.1) is 0 Å². The Morgan fingerprint density at radius 2 is 1.49 bits per heavy atom. The predicted molar refractivity (Wildman–Crippen MR) is 167 cm³/mol. The summed E-state index contributed by atoms with van der Waals surface area (Å²) in [5, 5.41) is 2.76. The van der Waals surface area contributed by atoms with Crippen LogP contribution in [0.5, 0.6) is 17.2 Å². The minimum absolute atomic E-state index is 0.242. The lowest BCUT2D eigenvalue weighted by Crippen LogP contribution is -2.27. The average Bonchev–Trinajstić information content (AvgIpc) is 3.47. The third-order valence-electron chi connectivity index (χ3n) is 6.95. The number of anilines is 2. The summed E-state index contributed by atoms with van der Waals surface area (Å²) in [6, 6.07) is 25.8. The normalized spacial score (nSPS) is 10.8. The molecule has 0 aliphatic carbocycles. The van der Waals surface area contributed by atoms with Crippen molar-refractivity contribution in [3.05, 3.63) is 90.0 Å². The number of imidazole rings is 1. The lowest BCUT2D eigenvalue weighted by Gasteiger charge is -2.25. The van der Waals surface area contributed by atoms with Crippen molar-refractivity contribution in [3.63, 3.8) is 0 Å². The Labute approximate surface area is 250 Å². The number of H-pyrrole nitrogens is 1. The van der Waals surface area contributed by atoms with E-state index in [9.17, 15) is 4.79 Å². The second kappa shape index (κ2) is 13.6. The van der Waals surface area contributed by atoms with Gasteiger partial charge in [-0.1, -0.05) is 60.7 Å². The Morgan fingerprint density at radius 3 is 2.14 bits per heavy atom. The predicted octanol–water partition coefficient (Wildman–Crippen LogP) is 6.47. The molecular formula is C33H35N5O5. The molecule has 10 heteroatoms. The number of aromatic nitrogens is 3. The van der Waals surface area contributed by atoms with Gasteiger partial charge in [-0.25, -0.2) is 14.8 Å². The Morgan fingerprint density at radius 1 is 0.837 bits per heavy atom. The number of nitrogens with one attached hydrogen (secondary N) is 2. The van der Waals surface area contributed by atoms with Gasteiger partial charge in [-0.05, 0) is 30.5 Å². The van der Waals surface area contributed by atoms with Gasteiger partial charge >= 0.3 is 6.09 Å². The molecule has 10 nitrogen and oxygen atoms in total. The molecule has 0 aliphatic heterocycles. The van der Waals surface area contributed by atoms with Crippen LogP contribution < -0.4 is 24.4 Å². The Bertz CT molecular complexity index is 1670. The van der Waals surface area contributed by atoms with Crippen LogP contribution in [0.25, 0.3) is 22.4 Å². The molecule has 222 valence electrons. The van der Waals surface area contributed by atoms with Crippen LogP contribution >= 0.6 is 0 Å². The summed E-state index contributed by atoms with van der Waals surface area (Å²) < 4.78 is 21.9. The van der Waals surface area contributed by atoms with E-state index in [1.54, 1.807) is 40.4 Å². The number of aromatic amines is 1. The summed E-state index contributed by atoms with van der Waals surface area (Å²) in [5.41, 5.74) is 4.33. The second-order valence-electron chi connectivity index (χ2n) is 9.71. The van der Waals surface area contributed by atoms with Crippen molar-refractivity contribution >= 4 is 28.8 Å². The summed E-state index contributed by atoms with van der Waals surface area (Å²) in [4.78, 5) is 27.9. The number of ether oxygens (including phenoxy) is 4. The number of carbonyl (C=O) groups excluding carboxylic acids is 1. The Hall–Kier alpha value is -5.25. The molecule has 1 amide bonds. The third kappa shape index (κ3) is 6.81. The summed E-state index contributed by atoms with van der Waals surface area (Å²) in [6.45, 7) is 3.24. The van der Waals surface area contributed by atoms with E-state index in [0.29, 0.717) is 64.4 Å². The number of fused-ring (bicyclic) bond motifs is 1. The first-order chi connectivity index (χ1) is 21.0. The smallest absolute Gasteiger partial charge is 0.412 e. The van der Waals surface area contributed by atoms with Gasteiger partial charge in [-0.3, -0.25) is 5.32 Å². The molecule has 0 aliphatic rings. The van der Waals surface area contributed by atoms with Crippen molar-refractivity contribution in [2.45, 2.75) is 19.9 Å². The van der Waals surface area contributed by atoms with Gasteiger partial charge in [0.05, 0.1) is 39.0 Å². The van der Waals surface area contributed by atoms with Crippen LogP contribution in [-0.2, 0) is 17.7 Å². The number of carbonyl (C=O) groups is 1. The van der Waals surface area contributed by atoms with Gasteiger partial charge in [0.2, 0.25) is 0 Å². The van der Waals surface area contributed by atoms with Gasteiger partial charge in [0.25, 0.3) is 0 Å². The zero-order valence-electron chi connectivity index (χ0n) is 24.7. The van der Waals surface area contributed by atoms with Gasteiger partial charge in [0.1, 0.15) is 22.9 Å². The fourth-order valence-electron chi connectivity index (χ4n) is 4.87. The highest BCUT2D eigenvalue weighted by molar-refractivity contribution is 5.94. The first-order valence-corrected chi connectivity index (χ1v) is 14.0. The van der Waals surface area contributed by atoms with E-state index in [1.165, 1.54) is 5.56 Å². The summed E-state index contributed by atoms with van der Waals surface area (Å²) in [6.07, 6.45) is 0.202. The SMILES string of the molecule is CCOC(=O)Nc1cc2[nH]c(-c3cc(OC)c(OC)cc3OC)nc2c(N(CCc2ccccc2)Cc2ccccc2)n1. The number of pyridine rings is 1. The Kier molecular flexibility index (Phi) is 9.26. The van der Waals surface area contributed by atoms with Crippen LogP contribution in [0.2, 0.25) is 0 Å². The molecule has 5 aromatic rings. The molecule has 0 bridgehead atoms. The summed E-state index contributed by atoms with van der Waals surface area (Å²) >= 11 is 0. The zero-order chi connectivity index (χ0) is 30.2. The third-order valence-corrected chi connectivity index (χ3v) is 6.95. The highest BCUT2D eigenvalue weighted by Crippen LogP contribution is 2.40. The Balaban J connectivity index is 1.65. The van der Waals surface area contributed by atoms with Crippen LogP contribution in [0.3, 0.4) is 0 Å². The summed E-state index contributed by atoms with van der Waals surface area (Å²) in [7, 11) is 4.74. The molecule has 0 saturated carbocycles. The molecule has 3 aromatic carbocycles. The molecule has 0 saturated heterocycles. The maximum absolute atomic E-state index is 12.4. The monoisotopic (exact) mass is 581 g/mol. The second-order valence-corrected chi connectivity index (χ2v) is 9.71. The van der Waals surface area contributed by atoms with Crippen LogP contribution in [0.15, 0.2) is 78.9 Å². The molecular weight excluding hydrogens is 546 g/mol. The van der Waals surface area contributed by atoms with E-state index in [1.807, 2.05) is 42.5 Å². The molecule has 43 heavy (non-hydrogen) atoms. The van der Waals surface area contributed by atoms with E-state index >= 15 is 0 Å². The van der Waals surface area contributed by atoms with Crippen molar-refractivity contribution in [2.24, 2.45) is 0 Å². The maximum atomic E-state index is 12.4. The van der Waals surface area contributed by atoms with Crippen molar-refractivity contribution in [1.29, 1.82) is 0 Å². The number of methoxy groups -OCH3 is 3. The number of rotatable bonds is 12. The molecule has 5 rings (SSSR count). The van der Waals surface area contributed by atoms with Crippen molar-refractivity contribution in [3.8, 4) is 28.6 Å². The zero-order valence-corrected chi connectivity index (χ0v) is 24.7. The standard InChI is InChI=1S/C33H35N5O5/c1-5-43-33(39)36-29-19-25-30(37-31(34-25)24-18-27(41-3)28(42-4)20-26(24)40-2)32(35-29)38(21-23-14-10-7-11-15-23)17-16-22-12-8-6-9-13-22/h6-15,18-20H,5,16-17,21H2,1-4H3,(H,34,37)(H,35,36,39). The van der Waals surface area contributed by atoms with E-state index in [4.69, 9.17) is 28.9 Å². The van der Waals surface area contributed by atoms with Crippen LogP contribution in [-0.4, -0.2) is 55.5 Å². The average molecular weight is 582 g/mol. The maximum Gasteiger partial charge on any atom is 0.412 e. The number of hydrogen-bond acceptors (Lipinski definition) is 8. The molecule has 0 spiro atoms. The van der Waals surface area contributed by atoms with Gasteiger partial charge in [-0.2, -0.15) is 0 Å². The number of nitrogens with zero attached hydrogens (tertiary/aromatic N) is 3. The van der Waals surface area contributed by atoms with Crippen molar-refractivity contribution in [1.82, 2.24) is 15.0 Å². The molecule has 0 fully saturated rings. The van der Waals surface area contributed by atoms with Crippen LogP contribution in [0, 0.1) is 0 Å². The molecule has 0 atom stereocenters.